The van der Waals surface area contributed by atoms with Gasteiger partial charge >= 0.3 is 0 Å². The topological polar surface area (TPSA) is 58.2 Å². The molecule has 4 fully saturated rings. The molecule has 0 saturated heterocycles. The molecule has 0 radical (unpaired) electrons. The minimum atomic E-state index is -0.121. The molecule has 4 saturated carbocycles. The second-order valence-corrected chi connectivity index (χ2v) is 16.2. The first kappa shape index (κ1) is 32.3. The maximum Gasteiger partial charge on any atom is 0.220 e. The minimum Gasteiger partial charge on any atom is -0.347 e. The second kappa shape index (κ2) is 13.0. The standard InChI is InChI=1S/C37H62N2O2/c1-8-32(40)38-36(23-24-36)27(2)17-19-34(4,5)21-22-35(6,7)20-18-28(3)37(25-26-37)39-33(41)16-15-31-29-13-11-9-10-12-14-30(29)31/h29-31H,2-3,8-26H2,1,4-7H3,(H,38,40)(H,39,41). The Kier molecular flexibility index (Phi) is 10.2. The Morgan fingerprint density at radius 1 is 0.683 bits per heavy atom. The summed E-state index contributed by atoms with van der Waals surface area (Å²) in [6.07, 6.45) is 21.5. The lowest BCUT2D eigenvalue weighted by atomic mass is 9.74. The van der Waals surface area contributed by atoms with Gasteiger partial charge in [-0.25, -0.2) is 0 Å². The van der Waals surface area contributed by atoms with Gasteiger partial charge in [-0.1, -0.05) is 84.6 Å². The molecule has 0 aromatic rings. The van der Waals surface area contributed by atoms with Gasteiger partial charge in [0, 0.05) is 12.8 Å². The molecule has 2 N–H and O–H groups in total. The lowest BCUT2D eigenvalue weighted by molar-refractivity contribution is -0.122. The quantitative estimate of drug-likeness (QED) is 0.172. The number of hydrogen-bond donors (Lipinski definition) is 2. The molecule has 2 atom stereocenters. The first-order chi connectivity index (χ1) is 19.3. The predicted octanol–water partition coefficient (Wildman–Crippen LogP) is 9.20. The van der Waals surface area contributed by atoms with Crippen molar-refractivity contribution in [2.24, 2.45) is 28.6 Å². The van der Waals surface area contributed by atoms with E-state index in [0.717, 1.165) is 75.5 Å². The lowest BCUT2D eigenvalue weighted by Gasteiger charge is -2.33. The van der Waals surface area contributed by atoms with Crippen LogP contribution >= 0.6 is 0 Å². The molecule has 0 heterocycles. The van der Waals surface area contributed by atoms with Crippen molar-refractivity contribution in [2.45, 2.75) is 168 Å². The van der Waals surface area contributed by atoms with E-state index in [-0.39, 0.29) is 33.7 Å². The zero-order valence-electron chi connectivity index (χ0n) is 27.4. The fourth-order valence-corrected chi connectivity index (χ4v) is 7.67. The van der Waals surface area contributed by atoms with Crippen LogP contribution in [0.15, 0.2) is 24.3 Å². The van der Waals surface area contributed by atoms with Crippen LogP contribution in [0.4, 0.5) is 0 Å². The van der Waals surface area contributed by atoms with E-state index in [1.165, 1.54) is 62.5 Å². The van der Waals surface area contributed by atoms with Crippen molar-refractivity contribution >= 4 is 11.8 Å². The summed E-state index contributed by atoms with van der Waals surface area (Å²) in [5, 5.41) is 6.66. The summed E-state index contributed by atoms with van der Waals surface area (Å²) >= 11 is 0. The highest BCUT2D eigenvalue weighted by Crippen LogP contribution is 2.56. The van der Waals surface area contributed by atoms with E-state index in [1.807, 2.05) is 6.92 Å². The number of carbonyl (C=O) groups excluding carboxylic acids is 2. The van der Waals surface area contributed by atoms with E-state index >= 15 is 0 Å². The monoisotopic (exact) mass is 566 g/mol. The number of rotatable bonds is 17. The fraction of sp³-hybridized carbons (Fsp3) is 0.838. The molecule has 41 heavy (non-hydrogen) atoms. The number of nitrogens with one attached hydrogen (secondary N) is 2. The third-order valence-corrected chi connectivity index (χ3v) is 11.7. The zero-order chi connectivity index (χ0) is 29.9. The summed E-state index contributed by atoms with van der Waals surface area (Å²) in [7, 11) is 0. The van der Waals surface area contributed by atoms with Crippen molar-refractivity contribution in [1.29, 1.82) is 0 Å². The molecule has 232 valence electrons. The van der Waals surface area contributed by atoms with Crippen molar-refractivity contribution in [3.63, 3.8) is 0 Å². The summed E-state index contributed by atoms with van der Waals surface area (Å²) in [4.78, 5) is 24.9. The van der Waals surface area contributed by atoms with Crippen LogP contribution in [-0.2, 0) is 9.59 Å². The number of carbonyl (C=O) groups is 2. The molecule has 0 bridgehead atoms. The van der Waals surface area contributed by atoms with E-state index in [4.69, 9.17) is 0 Å². The van der Waals surface area contributed by atoms with Crippen LogP contribution in [0.2, 0.25) is 0 Å². The Hall–Kier alpha value is -1.58. The molecule has 0 aromatic heterocycles. The van der Waals surface area contributed by atoms with Crippen molar-refractivity contribution in [3.8, 4) is 0 Å². The molecule has 0 spiro atoms. The first-order valence-corrected chi connectivity index (χ1v) is 17.3. The third kappa shape index (κ3) is 8.96. The summed E-state index contributed by atoms with van der Waals surface area (Å²) in [6, 6.07) is 0. The molecule has 0 aromatic carbocycles. The van der Waals surface area contributed by atoms with E-state index < -0.39 is 0 Å². The van der Waals surface area contributed by atoms with Crippen molar-refractivity contribution in [2.75, 3.05) is 0 Å². The first-order valence-electron chi connectivity index (χ1n) is 17.3. The fourth-order valence-electron chi connectivity index (χ4n) is 7.67. The van der Waals surface area contributed by atoms with Gasteiger partial charge in [-0.15, -0.1) is 0 Å². The molecule has 2 unspecified atom stereocenters. The SMILES string of the molecule is C=C(CCC(C)(C)CCC(C)(C)CCC(=C)C1(NC(=O)CCC2C3CCCCCCC32)CC1)C1(NC(=O)CC)CC1. The van der Waals surface area contributed by atoms with Gasteiger partial charge in [0.15, 0.2) is 0 Å². The molecular weight excluding hydrogens is 504 g/mol. The minimum absolute atomic E-state index is 0.119. The van der Waals surface area contributed by atoms with Gasteiger partial charge in [-0.3, -0.25) is 9.59 Å². The maximum atomic E-state index is 13.0. The van der Waals surface area contributed by atoms with Crippen LogP contribution in [0.5, 0.6) is 0 Å². The smallest absolute Gasteiger partial charge is 0.220 e. The predicted molar refractivity (Wildman–Crippen MR) is 171 cm³/mol. The van der Waals surface area contributed by atoms with Gasteiger partial charge in [0.1, 0.15) is 0 Å². The second-order valence-electron chi connectivity index (χ2n) is 16.2. The Morgan fingerprint density at radius 2 is 1.12 bits per heavy atom. The third-order valence-electron chi connectivity index (χ3n) is 11.7. The highest BCUT2D eigenvalue weighted by molar-refractivity contribution is 5.78. The molecule has 4 rings (SSSR count). The van der Waals surface area contributed by atoms with E-state index in [0.29, 0.717) is 12.8 Å². The van der Waals surface area contributed by atoms with Gasteiger partial charge in [0.05, 0.1) is 11.1 Å². The maximum absolute atomic E-state index is 13.0. The van der Waals surface area contributed by atoms with Crippen LogP contribution in [0.3, 0.4) is 0 Å². The normalized spacial score (nSPS) is 26.1. The highest BCUT2D eigenvalue weighted by atomic mass is 16.2. The molecule has 0 aliphatic heterocycles. The molecule has 4 heteroatoms. The molecule has 2 amide bonds. The van der Waals surface area contributed by atoms with Gasteiger partial charge in [0.25, 0.3) is 0 Å². The largest absolute Gasteiger partial charge is 0.347 e. The summed E-state index contributed by atoms with van der Waals surface area (Å²) in [5.41, 5.74) is 2.69. The molecule has 4 nitrogen and oxygen atoms in total. The van der Waals surface area contributed by atoms with E-state index in [1.54, 1.807) is 0 Å². The molecule has 4 aliphatic rings. The van der Waals surface area contributed by atoms with Crippen LogP contribution < -0.4 is 10.6 Å². The number of amides is 2. The highest BCUT2D eigenvalue weighted by Gasteiger charge is 2.50. The Morgan fingerprint density at radius 3 is 1.54 bits per heavy atom. The van der Waals surface area contributed by atoms with Gasteiger partial charge in [-0.2, -0.15) is 0 Å². The number of hydrogen-bond acceptors (Lipinski definition) is 2. The summed E-state index contributed by atoms with van der Waals surface area (Å²) in [6.45, 7) is 20.3. The van der Waals surface area contributed by atoms with Crippen LogP contribution in [0, 0.1) is 28.6 Å². The summed E-state index contributed by atoms with van der Waals surface area (Å²) < 4.78 is 0. The lowest BCUT2D eigenvalue weighted by Crippen LogP contribution is -2.38. The average Bonchev–Trinajstić information content (AvgIpc) is 3.83. The zero-order valence-corrected chi connectivity index (χ0v) is 27.4. The van der Waals surface area contributed by atoms with E-state index in [9.17, 15) is 9.59 Å². The van der Waals surface area contributed by atoms with Gasteiger partial charge < -0.3 is 10.6 Å². The van der Waals surface area contributed by atoms with Gasteiger partial charge in [-0.05, 0) is 112 Å². The Labute approximate surface area is 252 Å². The van der Waals surface area contributed by atoms with Crippen molar-refractivity contribution in [3.05, 3.63) is 24.3 Å². The number of fused-ring (bicyclic) bond motifs is 1. The van der Waals surface area contributed by atoms with Crippen LogP contribution in [0.1, 0.15) is 157 Å². The van der Waals surface area contributed by atoms with E-state index in [2.05, 4.69) is 51.5 Å². The molecular formula is C37H62N2O2. The van der Waals surface area contributed by atoms with Gasteiger partial charge in [0.2, 0.25) is 11.8 Å². The van der Waals surface area contributed by atoms with Crippen molar-refractivity contribution in [1.82, 2.24) is 10.6 Å². The summed E-state index contributed by atoms with van der Waals surface area (Å²) in [5.74, 6) is 3.05. The Balaban J connectivity index is 1.14. The molecule has 4 aliphatic carbocycles. The van der Waals surface area contributed by atoms with Crippen LogP contribution in [0.25, 0.3) is 0 Å². The van der Waals surface area contributed by atoms with Crippen LogP contribution in [-0.4, -0.2) is 22.9 Å². The Bertz CT molecular complexity index is 953. The average molecular weight is 567 g/mol. The van der Waals surface area contributed by atoms with Crippen molar-refractivity contribution < 1.29 is 9.59 Å².